The van der Waals surface area contributed by atoms with E-state index in [0.29, 0.717) is 0 Å². The van der Waals surface area contributed by atoms with Gasteiger partial charge in [-0.1, -0.05) is 54.1 Å². The Morgan fingerprint density at radius 1 is 0.963 bits per heavy atom. The van der Waals surface area contributed by atoms with Crippen molar-refractivity contribution in [1.82, 2.24) is 5.06 Å². The van der Waals surface area contributed by atoms with Crippen molar-refractivity contribution in [2.45, 2.75) is 77.0 Å². The molecule has 0 aromatic heterocycles. The minimum absolute atomic E-state index is 0.0295. The number of aryl methyl sites for hydroxylation is 1. The third kappa shape index (κ3) is 5.13. The third-order valence-electron chi connectivity index (χ3n) is 5.66. The van der Waals surface area contributed by atoms with Crippen LogP contribution in [0, 0.1) is 0 Å². The fraction of sp³-hybridized carbons (Fsp3) is 0.500. The average Bonchev–Trinajstić information content (AvgIpc) is 2.61. The fourth-order valence-corrected chi connectivity index (χ4v) is 4.54. The van der Waals surface area contributed by atoms with E-state index in [1.54, 1.807) is 0 Å². The van der Waals surface area contributed by atoms with Crippen molar-refractivity contribution in [3.05, 3.63) is 70.7 Å². The molecule has 1 heterocycles. The van der Waals surface area contributed by atoms with E-state index >= 15 is 0 Å². The molecule has 0 spiro atoms. The maximum atomic E-state index is 6.76. The summed E-state index contributed by atoms with van der Waals surface area (Å²) in [6.45, 7) is 9.19. The van der Waals surface area contributed by atoms with Gasteiger partial charge in [-0.3, -0.25) is 4.84 Å². The number of hydroxylamine groups is 2. The molecule has 0 bridgehead atoms. The number of nitrogens with zero attached hydrogens (tertiary/aromatic N) is 1. The van der Waals surface area contributed by atoms with E-state index in [2.05, 4.69) is 75.2 Å². The highest BCUT2D eigenvalue weighted by Crippen LogP contribution is 2.41. The molecule has 3 rings (SSSR count). The highest BCUT2D eigenvalue weighted by Gasteiger charge is 2.43. The molecule has 146 valence electrons. The lowest BCUT2D eigenvalue weighted by Crippen LogP contribution is -2.58. The van der Waals surface area contributed by atoms with Crippen LogP contribution in [0.3, 0.4) is 0 Å². The number of halogens is 1. The molecule has 3 heteroatoms. The van der Waals surface area contributed by atoms with Gasteiger partial charge in [0.05, 0.1) is 0 Å². The van der Waals surface area contributed by atoms with Gasteiger partial charge in [0.25, 0.3) is 0 Å². The number of rotatable bonds is 6. The maximum Gasteiger partial charge on any atom is 0.105 e. The van der Waals surface area contributed by atoms with Crippen molar-refractivity contribution in [2.24, 2.45) is 0 Å². The van der Waals surface area contributed by atoms with Crippen molar-refractivity contribution < 1.29 is 4.84 Å². The van der Waals surface area contributed by atoms with E-state index in [-0.39, 0.29) is 17.2 Å². The highest BCUT2D eigenvalue weighted by molar-refractivity contribution is 6.30. The van der Waals surface area contributed by atoms with Gasteiger partial charge in [0.1, 0.15) is 6.10 Å². The van der Waals surface area contributed by atoms with Crippen LogP contribution >= 0.6 is 11.6 Å². The summed E-state index contributed by atoms with van der Waals surface area (Å²) in [6, 6.07) is 18.7. The topological polar surface area (TPSA) is 12.5 Å². The monoisotopic (exact) mass is 385 g/mol. The Hall–Kier alpha value is -1.35. The summed E-state index contributed by atoms with van der Waals surface area (Å²) in [5, 5.41) is 3.07. The minimum Gasteiger partial charge on any atom is -0.290 e. The molecule has 0 amide bonds. The van der Waals surface area contributed by atoms with E-state index in [0.717, 1.165) is 30.7 Å². The Bertz CT molecular complexity index is 725. The zero-order valence-electron chi connectivity index (χ0n) is 17.0. The lowest BCUT2D eigenvalue weighted by atomic mass is 9.82. The smallest absolute Gasteiger partial charge is 0.105 e. The molecule has 2 nitrogen and oxygen atoms in total. The van der Waals surface area contributed by atoms with Crippen LogP contribution in [-0.2, 0) is 11.3 Å². The van der Waals surface area contributed by atoms with E-state index in [1.165, 1.54) is 17.5 Å². The predicted molar refractivity (Wildman–Crippen MR) is 114 cm³/mol. The third-order valence-corrected chi connectivity index (χ3v) is 5.90. The molecule has 2 aromatic rings. The molecule has 0 N–H and O–H groups in total. The summed E-state index contributed by atoms with van der Waals surface area (Å²) in [5.74, 6) is 0. The van der Waals surface area contributed by atoms with Crippen LogP contribution in [0.2, 0.25) is 5.02 Å². The molecule has 1 saturated heterocycles. The van der Waals surface area contributed by atoms with Crippen LogP contribution in [-0.4, -0.2) is 16.1 Å². The molecule has 27 heavy (non-hydrogen) atoms. The zero-order valence-corrected chi connectivity index (χ0v) is 17.8. The van der Waals surface area contributed by atoms with Gasteiger partial charge < -0.3 is 0 Å². The second kappa shape index (κ2) is 8.34. The lowest BCUT2D eigenvalue weighted by molar-refractivity contribution is -0.308. The van der Waals surface area contributed by atoms with Gasteiger partial charge in [0.15, 0.2) is 0 Å². The van der Waals surface area contributed by atoms with Crippen molar-refractivity contribution in [3.8, 4) is 0 Å². The molecule has 0 radical (unpaired) electrons. The van der Waals surface area contributed by atoms with Crippen molar-refractivity contribution >= 4 is 11.6 Å². The number of piperidine rings is 1. The van der Waals surface area contributed by atoms with Crippen LogP contribution in [0.15, 0.2) is 54.6 Å². The molecule has 0 saturated carbocycles. The van der Waals surface area contributed by atoms with Crippen LogP contribution in [0.25, 0.3) is 0 Å². The summed E-state index contributed by atoms with van der Waals surface area (Å²) < 4.78 is 0. The Morgan fingerprint density at radius 3 is 2.26 bits per heavy atom. The molecular weight excluding hydrogens is 354 g/mol. The lowest BCUT2D eigenvalue weighted by Gasteiger charge is -2.52. The predicted octanol–water partition coefficient (Wildman–Crippen LogP) is 6.99. The summed E-state index contributed by atoms with van der Waals surface area (Å²) in [4.78, 5) is 6.76. The van der Waals surface area contributed by atoms with Crippen LogP contribution in [0.4, 0.5) is 0 Å². The molecule has 2 aromatic carbocycles. The van der Waals surface area contributed by atoms with Gasteiger partial charge in [0.2, 0.25) is 0 Å². The first-order chi connectivity index (χ1) is 12.8. The van der Waals surface area contributed by atoms with Gasteiger partial charge in [-0.25, -0.2) is 0 Å². The summed E-state index contributed by atoms with van der Waals surface area (Å²) in [5.41, 5.74) is 2.55. The van der Waals surface area contributed by atoms with Crippen LogP contribution in [0.5, 0.6) is 0 Å². The van der Waals surface area contributed by atoms with Crippen LogP contribution < -0.4 is 0 Å². The van der Waals surface area contributed by atoms with E-state index in [1.807, 2.05) is 12.1 Å². The molecular formula is C24H32ClNO. The van der Waals surface area contributed by atoms with E-state index in [9.17, 15) is 0 Å². The summed E-state index contributed by atoms with van der Waals surface area (Å²) in [7, 11) is 0. The first-order valence-corrected chi connectivity index (χ1v) is 10.4. The van der Waals surface area contributed by atoms with Crippen molar-refractivity contribution in [2.75, 3.05) is 0 Å². The second-order valence-electron chi connectivity index (χ2n) is 8.95. The first kappa shape index (κ1) is 20.4. The number of hydrogen-bond donors (Lipinski definition) is 0. The Morgan fingerprint density at radius 2 is 1.63 bits per heavy atom. The van der Waals surface area contributed by atoms with Gasteiger partial charge in [-0.15, -0.1) is 0 Å². The number of hydrogen-bond acceptors (Lipinski definition) is 2. The van der Waals surface area contributed by atoms with Crippen molar-refractivity contribution in [1.29, 1.82) is 0 Å². The van der Waals surface area contributed by atoms with Crippen LogP contribution in [0.1, 0.15) is 70.6 Å². The van der Waals surface area contributed by atoms with E-state index < -0.39 is 0 Å². The molecule has 1 unspecified atom stereocenters. The second-order valence-corrected chi connectivity index (χ2v) is 9.38. The quantitative estimate of drug-likeness (QED) is 0.531. The highest BCUT2D eigenvalue weighted by atomic mass is 35.5. The Balaban J connectivity index is 1.82. The molecule has 1 atom stereocenters. The van der Waals surface area contributed by atoms with E-state index in [4.69, 9.17) is 16.4 Å². The first-order valence-electron chi connectivity index (χ1n) is 10.0. The minimum atomic E-state index is 0.0295. The standard InChI is InChI=1S/C24H32ClNO/c1-23(2)16-9-17-24(3,4)26(23)27-22(20-11-6-5-7-12-20)15-14-19-10-8-13-21(25)18-19/h5-8,10-13,18,22H,9,14-17H2,1-4H3. The molecule has 1 aliphatic heterocycles. The normalized spacial score (nSPS) is 20.3. The Kier molecular flexibility index (Phi) is 6.30. The fourth-order valence-electron chi connectivity index (χ4n) is 4.33. The largest absolute Gasteiger partial charge is 0.290 e. The maximum absolute atomic E-state index is 6.76. The number of benzene rings is 2. The average molecular weight is 386 g/mol. The molecule has 1 fully saturated rings. The zero-order chi connectivity index (χ0) is 19.5. The van der Waals surface area contributed by atoms with Gasteiger partial charge >= 0.3 is 0 Å². The van der Waals surface area contributed by atoms with Gasteiger partial charge in [-0.05, 0) is 83.1 Å². The SMILES string of the molecule is CC1(C)CCCC(C)(C)N1OC(CCc1cccc(Cl)c1)c1ccccc1. The van der Waals surface area contributed by atoms with Crippen molar-refractivity contribution in [3.63, 3.8) is 0 Å². The summed E-state index contributed by atoms with van der Waals surface area (Å²) >= 11 is 6.17. The van der Waals surface area contributed by atoms with Gasteiger partial charge in [-0.2, -0.15) is 5.06 Å². The molecule has 1 aliphatic rings. The molecule has 0 aliphatic carbocycles. The van der Waals surface area contributed by atoms with Gasteiger partial charge in [0, 0.05) is 16.1 Å². The summed E-state index contributed by atoms with van der Waals surface area (Å²) in [6.07, 6.45) is 5.46. The Labute approximate surface area is 169 Å².